The molecule has 0 saturated carbocycles. The molecule has 0 spiro atoms. The Kier molecular flexibility index (Phi) is 6.34. The van der Waals surface area contributed by atoms with Gasteiger partial charge < -0.3 is 5.32 Å². The highest BCUT2D eigenvalue weighted by atomic mass is 35.5. The number of amides is 1. The normalized spacial score (nSPS) is 11.1. The van der Waals surface area contributed by atoms with Gasteiger partial charge in [-0.2, -0.15) is 5.10 Å². The van der Waals surface area contributed by atoms with E-state index in [9.17, 15) is 14.0 Å². The third kappa shape index (κ3) is 4.38. The molecule has 10 heteroatoms. The molecule has 1 amide bonds. The molecule has 7 nitrogen and oxygen atoms in total. The predicted octanol–water partition coefficient (Wildman–Crippen LogP) is 5.55. The summed E-state index contributed by atoms with van der Waals surface area (Å²) in [6.07, 6.45) is 1.98. The minimum Gasteiger partial charge on any atom is -0.304 e. The van der Waals surface area contributed by atoms with Gasteiger partial charge in [0.25, 0.3) is 11.5 Å². The zero-order valence-electron chi connectivity index (χ0n) is 19.2. The second-order valence-corrected chi connectivity index (χ2v) is 9.23. The third-order valence-electron chi connectivity index (χ3n) is 5.61. The maximum atomic E-state index is 14.0. The van der Waals surface area contributed by atoms with E-state index in [2.05, 4.69) is 10.4 Å². The summed E-state index contributed by atoms with van der Waals surface area (Å²) >= 11 is 7.70. The van der Waals surface area contributed by atoms with Crippen molar-refractivity contribution in [1.82, 2.24) is 19.3 Å². The Hall–Kier alpha value is -3.95. The smallest absolute Gasteiger partial charge is 0.271 e. The predicted molar refractivity (Wildman–Crippen MR) is 141 cm³/mol. The van der Waals surface area contributed by atoms with Crippen LogP contribution >= 0.6 is 23.4 Å². The molecule has 0 atom stereocenters. The van der Waals surface area contributed by atoms with Crippen molar-refractivity contribution < 1.29 is 9.18 Å². The van der Waals surface area contributed by atoms with Gasteiger partial charge in [-0.25, -0.2) is 14.1 Å². The van der Waals surface area contributed by atoms with Gasteiger partial charge in [-0.15, -0.1) is 11.8 Å². The van der Waals surface area contributed by atoms with Crippen molar-refractivity contribution in [2.45, 2.75) is 4.90 Å². The summed E-state index contributed by atoms with van der Waals surface area (Å²) in [7, 11) is 1.64. The van der Waals surface area contributed by atoms with Crippen molar-refractivity contribution in [1.29, 1.82) is 0 Å². The van der Waals surface area contributed by atoms with Crippen LogP contribution in [-0.4, -0.2) is 31.5 Å². The summed E-state index contributed by atoms with van der Waals surface area (Å²) in [5.74, 6) is -0.694. The van der Waals surface area contributed by atoms with Gasteiger partial charge in [0.1, 0.15) is 17.0 Å². The first-order valence-electron chi connectivity index (χ1n) is 10.8. The number of nitrogens with zero attached hydrogens (tertiary/aromatic N) is 4. The quantitative estimate of drug-likeness (QED) is 0.308. The van der Waals surface area contributed by atoms with Gasteiger partial charge in [0.05, 0.1) is 5.69 Å². The van der Waals surface area contributed by atoms with Crippen LogP contribution < -0.4 is 10.9 Å². The first-order valence-corrected chi connectivity index (χ1v) is 12.4. The Labute approximate surface area is 214 Å². The van der Waals surface area contributed by atoms with E-state index >= 15 is 0 Å². The van der Waals surface area contributed by atoms with Gasteiger partial charge >= 0.3 is 0 Å². The van der Waals surface area contributed by atoms with E-state index in [1.165, 1.54) is 27.4 Å². The minimum absolute atomic E-state index is 0.0336. The molecule has 0 fully saturated rings. The second kappa shape index (κ2) is 9.60. The summed E-state index contributed by atoms with van der Waals surface area (Å²) in [5.41, 5.74) is 1.25. The summed E-state index contributed by atoms with van der Waals surface area (Å²) in [6.45, 7) is 0. The number of fused-ring (bicyclic) bond motifs is 1. The fourth-order valence-corrected chi connectivity index (χ4v) is 4.39. The van der Waals surface area contributed by atoms with Crippen LogP contribution in [0.3, 0.4) is 0 Å². The maximum absolute atomic E-state index is 14.0. The Morgan fingerprint density at radius 3 is 2.44 bits per heavy atom. The van der Waals surface area contributed by atoms with Crippen molar-refractivity contribution in [3.05, 3.63) is 99.6 Å². The molecule has 1 N–H and O–H groups in total. The van der Waals surface area contributed by atoms with Crippen LogP contribution in [0.4, 0.5) is 10.2 Å². The van der Waals surface area contributed by atoms with Crippen molar-refractivity contribution in [3.63, 3.8) is 0 Å². The standard InChI is InChI=1S/C26H19ClFN5O2S/c1-32-24-21(22(31-32)29-25(34)16-4-3-5-18(28)14-16)26(35)33(19-10-8-17(27)9-11-19)23(30-24)15-6-12-20(36-2)13-7-15/h3-14H,1-2H3,(H,29,31,34). The lowest BCUT2D eigenvalue weighted by Crippen LogP contribution is -2.23. The number of hydrogen-bond donors (Lipinski definition) is 1. The summed E-state index contributed by atoms with van der Waals surface area (Å²) in [5, 5.41) is 7.63. The first kappa shape index (κ1) is 23.8. The Morgan fingerprint density at radius 1 is 1.06 bits per heavy atom. The number of carbonyl (C=O) groups excluding carboxylic acids is 1. The van der Waals surface area contributed by atoms with Gasteiger partial charge in [0.2, 0.25) is 0 Å². The van der Waals surface area contributed by atoms with Crippen LogP contribution in [0.5, 0.6) is 0 Å². The lowest BCUT2D eigenvalue weighted by atomic mass is 10.2. The molecule has 0 aliphatic carbocycles. The largest absolute Gasteiger partial charge is 0.304 e. The van der Waals surface area contributed by atoms with Gasteiger partial charge in [0, 0.05) is 28.1 Å². The SMILES string of the molecule is CSc1ccc(-c2nc3c(c(NC(=O)c4cccc(F)c4)nn3C)c(=O)n2-c2ccc(Cl)cc2)cc1. The molecule has 5 rings (SSSR count). The number of hydrogen-bond acceptors (Lipinski definition) is 5. The maximum Gasteiger partial charge on any atom is 0.271 e. The highest BCUT2D eigenvalue weighted by molar-refractivity contribution is 7.98. The lowest BCUT2D eigenvalue weighted by molar-refractivity contribution is 0.102. The number of nitrogens with one attached hydrogen (secondary N) is 1. The van der Waals surface area contributed by atoms with Crippen LogP contribution in [-0.2, 0) is 7.05 Å². The average molecular weight is 520 g/mol. The van der Waals surface area contributed by atoms with Crippen molar-refractivity contribution >= 4 is 46.1 Å². The fraction of sp³-hybridized carbons (Fsp3) is 0.0769. The summed E-state index contributed by atoms with van der Waals surface area (Å²) in [4.78, 5) is 32.6. The molecule has 0 bridgehead atoms. The molecule has 2 aromatic heterocycles. The van der Waals surface area contributed by atoms with Gasteiger partial charge in [-0.3, -0.25) is 14.2 Å². The Balaban J connectivity index is 1.72. The zero-order chi connectivity index (χ0) is 25.4. The minimum atomic E-state index is -0.594. The number of anilines is 1. The molecule has 5 aromatic rings. The van der Waals surface area contributed by atoms with E-state index in [4.69, 9.17) is 16.6 Å². The van der Waals surface area contributed by atoms with Crippen molar-refractivity contribution in [2.75, 3.05) is 11.6 Å². The van der Waals surface area contributed by atoms with Crippen LogP contribution in [0, 0.1) is 5.82 Å². The zero-order valence-corrected chi connectivity index (χ0v) is 20.8. The number of thioether (sulfide) groups is 1. The van der Waals surface area contributed by atoms with Crippen LogP contribution in [0.15, 0.2) is 82.5 Å². The molecule has 3 aromatic carbocycles. The number of rotatable bonds is 5. The molecule has 0 radical (unpaired) electrons. The van der Waals surface area contributed by atoms with E-state index < -0.39 is 17.3 Å². The molecule has 0 saturated heterocycles. The van der Waals surface area contributed by atoms with Gasteiger partial charge in [-0.1, -0.05) is 29.8 Å². The van der Waals surface area contributed by atoms with E-state index in [0.717, 1.165) is 16.5 Å². The highest BCUT2D eigenvalue weighted by Crippen LogP contribution is 2.27. The molecule has 0 aliphatic heterocycles. The lowest BCUT2D eigenvalue weighted by Gasteiger charge is -2.14. The molecule has 2 heterocycles. The van der Waals surface area contributed by atoms with Crippen molar-refractivity contribution in [3.8, 4) is 17.1 Å². The third-order valence-corrected chi connectivity index (χ3v) is 6.60. The Bertz CT molecular complexity index is 1660. The van der Waals surface area contributed by atoms with Gasteiger partial charge in [0.15, 0.2) is 11.5 Å². The first-order chi connectivity index (χ1) is 17.4. The van der Waals surface area contributed by atoms with Crippen LogP contribution in [0.1, 0.15) is 10.4 Å². The average Bonchev–Trinajstić information content (AvgIpc) is 3.19. The number of benzene rings is 3. The highest BCUT2D eigenvalue weighted by Gasteiger charge is 2.22. The molecule has 0 unspecified atom stereocenters. The van der Waals surface area contributed by atoms with Crippen LogP contribution in [0.2, 0.25) is 5.02 Å². The second-order valence-electron chi connectivity index (χ2n) is 7.92. The van der Waals surface area contributed by atoms with E-state index in [-0.39, 0.29) is 16.8 Å². The number of carbonyl (C=O) groups is 1. The monoisotopic (exact) mass is 519 g/mol. The number of aryl methyl sites for hydroxylation is 1. The van der Waals surface area contributed by atoms with Crippen molar-refractivity contribution in [2.24, 2.45) is 7.05 Å². The molecule has 180 valence electrons. The summed E-state index contributed by atoms with van der Waals surface area (Å²) < 4.78 is 16.5. The molecular formula is C26H19ClFN5O2S. The topological polar surface area (TPSA) is 81.8 Å². The van der Waals surface area contributed by atoms with E-state index in [1.807, 2.05) is 30.5 Å². The van der Waals surface area contributed by atoms with E-state index in [1.54, 1.807) is 43.1 Å². The fourth-order valence-electron chi connectivity index (χ4n) is 3.86. The number of halogens is 2. The molecule has 0 aliphatic rings. The summed E-state index contributed by atoms with van der Waals surface area (Å²) in [6, 6.07) is 19.8. The molecule has 36 heavy (non-hydrogen) atoms. The van der Waals surface area contributed by atoms with Crippen LogP contribution in [0.25, 0.3) is 28.1 Å². The Morgan fingerprint density at radius 2 is 1.78 bits per heavy atom. The van der Waals surface area contributed by atoms with Gasteiger partial charge in [-0.05, 0) is 60.9 Å². The van der Waals surface area contributed by atoms with E-state index in [0.29, 0.717) is 22.2 Å². The number of aromatic nitrogens is 4. The molecular weight excluding hydrogens is 501 g/mol.